The van der Waals surface area contributed by atoms with Crippen molar-refractivity contribution in [2.75, 3.05) is 0 Å². The Hall–Kier alpha value is 0. The van der Waals surface area contributed by atoms with Crippen molar-refractivity contribution in [2.45, 2.75) is 44.9 Å². The lowest BCUT2D eigenvalue weighted by molar-refractivity contribution is 0.0716. The van der Waals surface area contributed by atoms with Crippen LogP contribution in [0.3, 0.4) is 0 Å². The second-order valence-electron chi connectivity index (χ2n) is 7.31. The van der Waals surface area contributed by atoms with Gasteiger partial charge in [-0.2, -0.15) is 0 Å². The molecule has 5 fully saturated rings. The molecule has 0 nitrogen and oxygen atoms in total. The quantitative estimate of drug-likeness (QED) is 0.525. The fraction of sp³-hybridized carbons (Fsp3) is 1.00. The van der Waals surface area contributed by atoms with E-state index in [4.69, 9.17) is 0 Å². The van der Waals surface area contributed by atoms with Gasteiger partial charge in [-0.25, -0.2) is 0 Å². The van der Waals surface area contributed by atoms with E-state index in [0.717, 1.165) is 0 Å². The van der Waals surface area contributed by atoms with Gasteiger partial charge in [-0.15, -0.1) is 0 Å². The minimum absolute atomic E-state index is 1.21. The largest absolute Gasteiger partial charge is 0.0527 e. The van der Waals surface area contributed by atoms with Gasteiger partial charge in [0.05, 0.1) is 0 Å². The fourth-order valence-electron chi connectivity index (χ4n) is 7.28. The topological polar surface area (TPSA) is 0 Å². The van der Waals surface area contributed by atoms with Gasteiger partial charge < -0.3 is 0 Å². The molecule has 0 N–H and O–H groups in total. The molecule has 0 radical (unpaired) electrons. The van der Waals surface area contributed by atoms with Gasteiger partial charge in [0, 0.05) is 0 Å². The maximum atomic E-state index is 1.68. The lowest BCUT2D eigenvalue weighted by atomic mass is 9.64. The van der Waals surface area contributed by atoms with E-state index in [1.54, 1.807) is 44.9 Å². The van der Waals surface area contributed by atoms with E-state index in [2.05, 4.69) is 0 Å². The summed E-state index contributed by atoms with van der Waals surface area (Å²) in [5, 5.41) is 0. The first-order valence-corrected chi connectivity index (χ1v) is 7.43. The molecule has 0 aromatic carbocycles. The van der Waals surface area contributed by atoms with Crippen molar-refractivity contribution in [3.8, 4) is 0 Å². The highest BCUT2D eigenvalue weighted by Gasteiger charge is 2.65. The van der Waals surface area contributed by atoms with Crippen LogP contribution in [0.1, 0.15) is 44.9 Å². The van der Waals surface area contributed by atoms with Crippen LogP contribution < -0.4 is 0 Å². The molecule has 0 saturated heterocycles. The molecule has 0 heterocycles. The van der Waals surface area contributed by atoms with Crippen molar-refractivity contribution in [1.82, 2.24) is 0 Å². The first-order valence-electron chi connectivity index (χ1n) is 7.43. The van der Waals surface area contributed by atoms with E-state index in [0.29, 0.717) is 0 Å². The molecule has 5 aliphatic carbocycles. The molecule has 0 aromatic rings. The molecular formula is C15H22. The fourth-order valence-corrected chi connectivity index (χ4v) is 7.28. The van der Waals surface area contributed by atoms with Crippen molar-refractivity contribution in [1.29, 1.82) is 0 Å². The van der Waals surface area contributed by atoms with E-state index in [1.807, 2.05) is 0 Å². The van der Waals surface area contributed by atoms with Crippen LogP contribution in [-0.2, 0) is 0 Å². The summed E-state index contributed by atoms with van der Waals surface area (Å²) in [6, 6.07) is 0. The zero-order valence-electron chi connectivity index (χ0n) is 9.57. The van der Waals surface area contributed by atoms with E-state index < -0.39 is 0 Å². The van der Waals surface area contributed by atoms with Gasteiger partial charge in [0.1, 0.15) is 0 Å². The van der Waals surface area contributed by atoms with Gasteiger partial charge in [0.15, 0.2) is 0 Å². The molecule has 0 spiro atoms. The Morgan fingerprint density at radius 1 is 0.533 bits per heavy atom. The highest BCUT2D eigenvalue weighted by Crippen LogP contribution is 2.72. The molecule has 5 rings (SSSR count). The molecule has 5 aliphatic rings. The molecule has 0 aromatic heterocycles. The summed E-state index contributed by atoms with van der Waals surface area (Å²) in [7, 11) is 0. The number of hydrogen-bond donors (Lipinski definition) is 0. The summed E-state index contributed by atoms with van der Waals surface area (Å²) in [5.41, 5.74) is 0. The second kappa shape index (κ2) is 2.46. The third-order valence-corrected chi connectivity index (χ3v) is 7.30. The van der Waals surface area contributed by atoms with Gasteiger partial charge in [-0.05, 0) is 85.9 Å². The molecule has 5 saturated carbocycles. The Labute approximate surface area is 92.8 Å². The second-order valence-corrected chi connectivity index (χ2v) is 7.31. The summed E-state index contributed by atoms with van der Waals surface area (Å²) >= 11 is 0. The van der Waals surface area contributed by atoms with Crippen LogP contribution in [0.15, 0.2) is 0 Å². The minimum atomic E-state index is 1.21. The molecule has 0 heteroatoms. The molecule has 4 bridgehead atoms. The van der Waals surface area contributed by atoms with Crippen LogP contribution in [0.25, 0.3) is 0 Å². The van der Waals surface area contributed by atoms with Crippen LogP contribution in [0, 0.1) is 47.3 Å². The van der Waals surface area contributed by atoms with Gasteiger partial charge >= 0.3 is 0 Å². The lowest BCUT2D eigenvalue weighted by Crippen LogP contribution is -2.35. The van der Waals surface area contributed by atoms with Crippen LogP contribution in [0.2, 0.25) is 0 Å². The van der Waals surface area contributed by atoms with Crippen LogP contribution in [0.5, 0.6) is 0 Å². The maximum Gasteiger partial charge on any atom is -0.0321 e. The molecule has 0 aliphatic heterocycles. The standard InChI is InChI=1S/C15H22/c1-2-10-11(3-1)13-7-12(10)14-8-4-5-9(6-8)15(13)14/h8-15H,1-7H2. The summed E-state index contributed by atoms with van der Waals surface area (Å²) in [5.74, 6) is 9.78. The Balaban J connectivity index is 1.59. The molecule has 15 heavy (non-hydrogen) atoms. The lowest BCUT2D eigenvalue weighted by Gasteiger charge is -2.40. The zero-order valence-corrected chi connectivity index (χ0v) is 9.57. The van der Waals surface area contributed by atoms with E-state index in [9.17, 15) is 0 Å². The van der Waals surface area contributed by atoms with Gasteiger partial charge in [-0.3, -0.25) is 0 Å². The van der Waals surface area contributed by atoms with Crippen LogP contribution in [0.4, 0.5) is 0 Å². The van der Waals surface area contributed by atoms with Crippen molar-refractivity contribution in [2.24, 2.45) is 47.3 Å². The molecule has 0 amide bonds. The Morgan fingerprint density at radius 2 is 1.13 bits per heavy atom. The molecule has 8 unspecified atom stereocenters. The third-order valence-electron chi connectivity index (χ3n) is 7.30. The monoisotopic (exact) mass is 202 g/mol. The zero-order chi connectivity index (χ0) is 9.57. The van der Waals surface area contributed by atoms with Crippen LogP contribution in [-0.4, -0.2) is 0 Å². The molecule has 82 valence electrons. The molecule has 8 atom stereocenters. The predicted molar refractivity (Wildman–Crippen MR) is 60.2 cm³/mol. The summed E-state index contributed by atoms with van der Waals surface area (Å²) in [4.78, 5) is 0. The number of rotatable bonds is 0. The SMILES string of the molecule is C1CC2C(C1)C1CC2C2C3CCC(C3)C12. The third kappa shape index (κ3) is 0.775. The first kappa shape index (κ1) is 8.14. The van der Waals surface area contributed by atoms with Gasteiger partial charge in [0.25, 0.3) is 0 Å². The average molecular weight is 202 g/mol. The highest BCUT2D eigenvalue weighted by molar-refractivity contribution is 5.14. The van der Waals surface area contributed by atoms with E-state index in [1.165, 1.54) is 47.3 Å². The normalized spacial score (nSPS) is 68.8. The number of fused-ring (bicyclic) bond motifs is 12. The Morgan fingerprint density at radius 3 is 1.73 bits per heavy atom. The van der Waals surface area contributed by atoms with Crippen molar-refractivity contribution >= 4 is 0 Å². The smallest absolute Gasteiger partial charge is 0.0321 e. The Bertz CT molecular complexity index is 279. The molecular weight excluding hydrogens is 180 g/mol. The first-order chi connectivity index (χ1) is 7.43. The van der Waals surface area contributed by atoms with Crippen molar-refractivity contribution < 1.29 is 0 Å². The van der Waals surface area contributed by atoms with E-state index >= 15 is 0 Å². The van der Waals surface area contributed by atoms with Crippen molar-refractivity contribution in [3.05, 3.63) is 0 Å². The summed E-state index contributed by atoms with van der Waals surface area (Å²) in [6.07, 6.45) is 11.4. The van der Waals surface area contributed by atoms with Crippen molar-refractivity contribution in [3.63, 3.8) is 0 Å². The highest BCUT2D eigenvalue weighted by atomic mass is 14.7. The van der Waals surface area contributed by atoms with Gasteiger partial charge in [-0.1, -0.05) is 6.42 Å². The summed E-state index contributed by atoms with van der Waals surface area (Å²) < 4.78 is 0. The van der Waals surface area contributed by atoms with Crippen LogP contribution >= 0.6 is 0 Å². The average Bonchev–Trinajstić information content (AvgIpc) is 3.03. The number of hydrogen-bond acceptors (Lipinski definition) is 0. The predicted octanol–water partition coefficient (Wildman–Crippen LogP) is 3.71. The maximum absolute atomic E-state index is 1.68. The van der Waals surface area contributed by atoms with E-state index in [-0.39, 0.29) is 0 Å². The summed E-state index contributed by atoms with van der Waals surface area (Å²) in [6.45, 7) is 0. The van der Waals surface area contributed by atoms with Gasteiger partial charge in [0.2, 0.25) is 0 Å². The Kier molecular flexibility index (Phi) is 1.34. The minimum Gasteiger partial charge on any atom is -0.0527 e.